The maximum absolute atomic E-state index is 13.0. The van der Waals surface area contributed by atoms with Gasteiger partial charge in [0, 0.05) is 24.2 Å². The van der Waals surface area contributed by atoms with Crippen molar-refractivity contribution in [2.24, 2.45) is 7.05 Å². The highest BCUT2D eigenvalue weighted by Crippen LogP contribution is 2.19. The minimum Gasteiger partial charge on any atom is -0.345 e. The van der Waals surface area contributed by atoms with E-state index < -0.39 is 0 Å². The van der Waals surface area contributed by atoms with Crippen LogP contribution in [0.15, 0.2) is 89.9 Å². The van der Waals surface area contributed by atoms with Gasteiger partial charge in [-0.1, -0.05) is 54.6 Å². The third kappa shape index (κ3) is 4.21. The molecule has 168 valence electrons. The number of hydrogen-bond donors (Lipinski definition) is 1. The Kier molecular flexibility index (Phi) is 5.70. The fourth-order valence-electron chi connectivity index (χ4n) is 3.87. The van der Waals surface area contributed by atoms with Crippen molar-refractivity contribution in [1.82, 2.24) is 29.9 Å². The second-order valence-corrected chi connectivity index (χ2v) is 7.86. The molecule has 0 saturated heterocycles. The molecule has 34 heavy (non-hydrogen) atoms. The summed E-state index contributed by atoms with van der Waals surface area (Å²) in [5.41, 5.74) is 3.23. The summed E-state index contributed by atoms with van der Waals surface area (Å²) in [5.74, 6) is -0.273. The van der Waals surface area contributed by atoms with E-state index in [0.29, 0.717) is 22.2 Å². The second-order valence-electron chi connectivity index (χ2n) is 7.86. The van der Waals surface area contributed by atoms with Gasteiger partial charge < -0.3 is 5.32 Å². The number of fused-ring (bicyclic) bond motifs is 1. The lowest BCUT2D eigenvalue weighted by molar-refractivity contribution is 0.0941. The third-order valence-corrected chi connectivity index (χ3v) is 5.58. The lowest BCUT2D eigenvalue weighted by atomic mass is 10.1. The van der Waals surface area contributed by atoms with Crippen molar-refractivity contribution in [2.75, 3.05) is 0 Å². The Morgan fingerprint density at radius 1 is 0.912 bits per heavy atom. The van der Waals surface area contributed by atoms with Gasteiger partial charge >= 0.3 is 0 Å². The van der Waals surface area contributed by atoms with Crippen molar-refractivity contribution in [3.05, 3.63) is 112 Å². The molecule has 5 aromatic rings. The van der Waals surface area contributed by atoms with E-state index in [9.17, 15) is 9.59 Å². The van der Waals surface area contributed by atoms with Gasteiger partial charge in [0.25, 0.3) is 11.5 Å². The summed E-state index contributed by atoms with van der Waals surface area (Å²) in [6, 6.07) is 24.3. The number of nitrogens with zero attached hydrogens (tertiary/aromatic N) is 5. The summed E-state index contributed by atoms with van der Waals surface area (Å²) >= 11 is 0. The summed E-state index contributed by atoms with van der Waals surface area (Å²) in [5, 5.41) is 13.2. The molecule has 0 spiro atoms. The van der Waals surface area contributed by atoms with Crippen LogP contribution >= 0.6 is 0 Å². The van der Waals surface area contributed by atoms with E-state index in [1.807, 2.05) is 66.7 Å². The Bertz CT molecular complexity index is 1520. The normalized spacial score (nSPS) is 11.0. The second kappa shape index (κ2) is 9.11. The number of hydrogen-bond acceptors (Lipinski definition) is 5. The van der Waals surface area contributed by atoms with Crippen LogP contribution in [-0.2, 0) is 20.1 Å². The van der Waals surface area contributed by atoms with Crippen molar-refractivity contribution in [3.63, 3.8) is 0 Å². The van der Waals surface area contributed by atoms with Gasteiger partial charge in [0.1, 0.15) is 5.69 Å². The number of pyridine rings is 1. The first-order chi connectivity index (χ1) is 16.6. The molecular formula is C26H22N6O2. The van der Waals surface area contributed by atoms with E-state index in [1.54, 1.807) is 30.1 Å². The fraction of sp³-hybridized carbons (Fsp3) is 0.115. The van der Waals surface area contributed by atoms with Crippen molar-refractivity contribution >= 4 is 16.7 Å². The smallest absolute Gasteiger partial charge is 0.275 e. The van der Waals surface area contributed by atoms with E-state index >= 15 is 0 Å². The van der Waals surface area contributed by atoms with E-state index in [4.69, 9.17) is 0 Å². The SMILES string of the molecule is Cn1nc(-c2ccccc2)cc1C(=O)NCc1nn(Cc2ccccn2)c(=O)c2ccccc12. The van der Waals surface area contributed by atoms with Crippen LogP contribution in [0, 0.1) is 0 Å². The van der Waals surface area contributed by atoms with Gasteiger partial charge in [-0.05, 0) is 24.3 Å². The Morgan fingerprint density at radius 3 is 2.41 bits per heavy atom. The van der Waals surface area contributed by atoms with E-state index in [2.05, 4.69) is 20.5 Å². The predicted molar refractivity (Wildman–Crippen MR) is 129 cm³/mol. The molecule has 8 heteroatoms. The average Bonchev–Trinajstić information content (AvgIpc) is 3.27. The van der Waals surface area contributed by atoms with Crippen molar-refractivity contribution in [1.29, 1.82) is 0 Å². The zero-order valence-corrected chi connectivity index (χ0v) is 18.5. The number of amides is 1. The summed E-state index contributed by atoms with van der Waals surface area (Å²) in [6.45, 7) is 0.404. The number of nitrogens with one attached hydrogen (secondary N) is 1. The highest BCUT2D eigenvalue weighted by molar-refractivity contribution is 5.94. The molecule has 0 saturated carbocycles. The van der Waals surface area contributed by atoms with E-state index in [-0.39, 0.29) is 24.6 Å². The Labute approximate surface area is 195 Å². The molecule has 0 fully saturated rings. The lowest BCUT2D eigenvalue weighted by Crippen LogP contribution is -2.29. The van der Waals surface area contributed by atoms with Crippen LogP contribution in [0.25, 0.3) is 22.0 Å². The van der Waals surface area contributed by atoms with Gasteiger partial charge in [0.2, 0.25) is 0 Å². The molecule has 0 radical (unpaired) electrons. The van der Waals surface area contributed by atoms with Gasteiger partial charge in [-0.2, -0.15) is 10.2 Å². The van der Waals surface area contributed by atoms with Gasteiger partial charge in [0.15, 0.2) is 0 Å². The minimum atomic E-state index is -0.273. The molecular weight excluding hydrogens is 428 g/mol. The molecule has 2 aromatic carbocycles. The first-order valence-electron chi connectivity index (χ1n) is 10.9. The zero-order valence-electron chi connectivity index (χ0n) is 18.5. The van der Waals surface area contributed by atoms with Gasteiger partial charge in [-0.3, -0.25) is 19.3 Å². The number of aryl methyl sites for hydroxylation is 1. The largest absolute Gasteiger partial charge is 0.345 e. The van der Waals surface area contributed by atoms with Gasteiger partial charge in [-0.15, -0.1) is 0 Å². The fourth-order valence-corrected chi connectivity index (χ4v) is 3.87. The van der Waals surface area contributed by atoms with E-state index in [1.165, 1.54) is 4.68 Å². The van der Waals surface area contributed by atoms with Crippen LogP contribution in [0.1, 0.15) is 21.9 Å². The number of benzene rings is 2. The van der Waals surface area contributed by atoms with Crippen LogP contribution in [-0.4, -0.2) is 30.5 Å². The highest BCUT2D eigenvalue weighted by atomic mass is 16.2. The third-order valence-electron chi connectivity index (χ3n) is 5.58. The quantitative estimate of drug-likeness (QED) is 0.429. The summed E-state index contributed by atoms with van der Waals surface area (Å²) in [7, 11) is 1.74. The number of aromatic nitrogens is 5. The van der Waals surface area contributed by atoms with Gasteiger partial charge in [0.05, 0.1) is 35.6 Å². The summed E-state index contributed by atoms with van der Waals surface area (Å²) < 4.78 is 2.95. The maximum Gasteiger partial charge on any atom is 0.275 e. The molecule has 0 aliphatic carbocycles. The van der Waals surface area contributed by atoms with Crippen LogP contribution in [0.4, 0.5) is 0 Å². The molecule has 3 aromatic heterocycles. The number of carbonyl (C=O) groups is 1. The highest BCUT2D eigenvalue weighted by Gasteiger charge is 2.16. The molecule has 3 heterocycles. The topological polar surface area (TPSA) is 94.7 Å². The zero-order chi connectivity index (χ0) is 23.5. The van der Waals surface area contributed by atoms with Crippen molar-refractivity contribution < 1.29 is 4.79 Å². The van der Waals surface area contributed by atoms with Gasteiger partial charge in [-0.25, -0.2) is 4.68 Å². The van der Waals surface area contributed by atoms with Crippen LogP contribution in [0.3, 0.4) is 0 Å². The molecule has 0 atom stereocenters. The number of carbonyl (C=O) groups excluding carboxylic acids is 1. The van der Waals surface area contributed by atoms with Crippen LogP contribution in [0.5, 0.6) is 0 Å². The molecule has 0 bridgehead atoms. The molecule has 5 rings (SSSR count). The molecule has 1 N–H and O–H groups in total. The monoisotopic (exact) mass is 450 g/mol. The molecule has 1 amide bonds. The van der Waals surface area contributed by atoms with E-state index in [0.717, 1.165) is 17.0 Å². The Hall–Kier alpha value is -4.59. The van der Waals surface area contributed by atoms with Crippen molar-refractivity contribution in [2.45, 2.75) is 13.1 Å². The molecule has 8 nitrogen and oxygen atoms in total. The maximum atomic E-state index is 13.0. The Balaban J connectivity index is 1.43. The first-order valence-corrected chi connectivity index (χ1v) is 10.9. The molecule has 0 aliphatic rings. The first kappa shape index (κ1) is 21.3. The molecule has 0 aliphatic heterocycles. The standard InChI is InChI=1S/C26H22N6O2/c1-31-24(15-22(29-31)18-9-3-2-4-10-18)25(33)28-16-23-20-12-5-6-13-21(20)26(34)32(30-23)17-19-11-7-8-14-27-19/h2-15H,16-17H2,1H3,(H,28,33). The Morgan fingerprint density at radius 2 is 1.65 bits per heavy atom. The summed E-state index contributed by atoms with van der Waals surface area (Å²) in [4.78, 5) is 30.3. The lowest BCUT2D eigenvalue weighted by Gasteiger charge is -2.12. The van der Waals surface area contributed by atoms with Crippen LogP contribution < -0.4 is 10.9 Å². The van der Waals surface area contributed by atoms with Crippen molar-refractivity contribution in [3.8, 4) is 11.3 Å². The van der Waals surface area contributed by atoms with Crippen LogP contribution in [0.2, 0.25) is 0 Å². The summed E-state index contributed by atoms with van der Waals surface area (Å²) in [6.07, 6.45) is 1.68. The molecule has 0 unspecified atom stereocenters. The minimum absolute atomic E-state index is 0.160. The number of rotatable bonds is 6. The average molecular weight is 451 g/mol. The predicted octanol–water partition coefficient (Wildman–Crippen LogP) is 3.17.